The van der Waals surface area contributed by atoms with Gasteiger partial charge in [0.2, 0.25) is 0 Å². The number of hydrogen-bond donors (Lipinski definition) is 1. The first kappa shape index (κ1) is 9.30. The molecule has 0 aromatic carbocycles. The van der Waals surface area contributed by atoms with Crippen LogP contribution in [-0.4, -0.2) is 11.1 Å². The molecule has 0 fully saturated rings. The summed E-state index contributed by atoms with van der Waals surface area (Å²) in [5, 5.41) is 8.48. The monoisotopic (exact) mass is 168 g/mol. The Bertz CT molecular complexity index is 194. The van der Waals surface area contributed by atoms with Crippen LogP contribution in [0.3, 0.4) is 0 Å². The molecule has 0 spiro atoms. The molecule has 0 aromatic heterocycles. The number of allylic oxidation sites excluding steroid dienone is 2. The lowest BCUT2D eigenvalue weighted by Crippen LogP contribution is -2.03. The van der Waals surface area contributed by atoms with Crippen molar-refractivity contribution in [3.8, 4) is 0 Å². The third kappa shape index (κ3) is 3.07. The number of hydrogen-bond acceptors (Lipinski definition) is 1. The van der Waals surface area contributed by atoms with Crippen molar-refractivity contribution >= 4 is 5.97 Å². The van der Waals surface area contributed by atoms with Gasteiger partial charge >= 0.3 is 5.97 Å². The molecule has 0 saturated carbocycles. The number of carbonyl (C=O) groups is 1. The standard InChI is InChI=1S/C10H16O2/c1-8-3-2-4-9(7-8)5-6-10(11)12/h7-8H,2-6H2,1H3,(H,11,12)/t8-/m0/s1. The molecule has 0 unspecified atom stereocenters. The Labute approximate surface area is 73.3 Å². The summed E-state index contributed by atoms with van der Waals surface area (Å²) in [6, 6.07) is 0. The highest BCUT2D eigenvalue weighted by atomic mass is 16.4. The molecule has 0 aliphatic heterocycles. The maximum Gasteiger partial charge on any atom is 0.303 e. The van der Waals surface area contributed by atoms with Crippen molar-refractivity contribution in [3.63, 3.8) is 0 Å². The molecule has 0 saturated heterocycles. The molecule has 1 N–H and O–H groups in total. The van der Waals surface area contributed by atoms with E-state index < -0.39 is 5.97 Å². The Kier molecular flexibility index (Phi) is 3.32. The SMILES string of the molecule is C[C@@H]1C=C(CCC(=O)O)CCC1. The van der Waals surface area contributed by atoms with Crippen molar-refractivity contribution in [2.45, 2.75) is 39.0 Å². The second-order valence-corrected chi connectivity index (χ2v) is 3.59. The van der Waals surface area contributed by atoms with Gasteiger partial charge in [-0.1, -0.05) is 18.6 Å². The van der Waals surface area contributed by atoms with Crippen molar-refractivity contribution in [1.29, 1.82) is 0 Å². The Morgan fingerprint density at radius 1 is 1.75 bits per heavy atom. The van der Waals surface area contributed by atoms with Crippen molar-refractivity contribution < 1.29 is 9.90 Å². The minimum Gasteiger partial charge on any atom is -0.481 e. The predicted molar refractivity (Wildman–Crippen MR) is 48.0 cm³/mol. The normalized spacial score (nSPS) is 23.4. The van der Waals surface area contributed by atoms with Gasteiger partial charge in [-0.15, -0.1) is 0 Å². The van der Waals surface area contributed by atoms with Gasteiger partial charge in [0, 0.05) is 6.42 Å². The minimum absolute atomic E-state index is 0.290. The zero-order chi connectivity index (χ0) is 8.97. The van der Waals surface area contributed by atoms with Gasteiger partial charge in [-0.05, 0) is 31.6 Å². The van der Waals surface area contributed by atoms with E-state index in [2.05, 4.69) is 13.0 Å². The predicted octanol–water partition coefficient (Wildman–Crippen LogP) is 2.60. The van der Waals surface area contributed by atoms with E-state index >= 15 is 0 Å². The Morgan fingerprint density at radius 3 is 3.08 bits per heavy atom. The molecule has 1 aliphatic rings. The largest absolute Gasteiger partial charge is 0.481 e. The molecule has 1 atom stereocenters. The van der Waals surface area contributed by atoms with Crippen LogP contribution in [0.2, 0.25) is 0 Å². The van der Waals surface area contributed by atoms with Crippen molar-refractivity contribution in [1.82, 2.24) is 0 Å². The lowest BCUT2D eigenvalue weighted by molar-refractivity contribution is -0.136. The summed E-state index contributed by atoms with van der Waals surface area (Å²) in [5.41, 5.74) is 1.34. The van der Waals surface area contributed by atoms with Gasteiger partial charge in [0.15, 0.2) is 0 Å². The summed E-state index contributed by atoms with van der Waals surface area (Å²) in [6.45, 7) is 2.19. The van der Waals surface area contributed by atoms with E-state index in [0.29, 0.717) is 12.3 Å². The summed E-state index contributed by atoms with van der Waals surface area (Å²) < 4.78 is 0. The summed E-state index contributed by atoms with van der Waals surface area (Å²) in [5.74, 6) is -0.0309. The van der Waals surface area contributed by atoms with E-state index in [1.165, 1.54) is 18.4 Å². The second kappa shape index (κ2) is 4.29. The fourth-order valence-corrected chi connectivity index (χ4v) is 1.70. The molecule has 1 rings (SSSR count). The van der Waals surface area contributed by atoms with Gasteiger partial charge in [-0.25, -0.2) is 0 Å². The van der Waals surface area contributed by atoms with Gasteiger partial charge in [-0.2, -0.15) is 0 Å². The van der Waals surface area contributed by atoms with Gasteiger partial charge < -0.3 is 5.11 Å². The zero-order valence-electron chi connectivity index (χ0n) is 7.55. The fraction of sp³-hybridized carbons (Fsp3) is 0.700. The second-order valence-electron chi connectivity index (χ2n) is 3.59. The summed E-state index contributed by atoms with van der Waals surface area (Å²) in [7, 11) is 0. The van der Waals surface area contributed by atoms with Crippen molar-refractivity contribution in [3.05, 3.63) is 11.6 Å². The third-order valence-corrected chi connectivity index (χ3v) is 2.34. The summed E-state index contributed by atoms with van der Waals surface area (Å²) in [6.07, 6.45) is 6.88. The Hall–Kier alpha value is -0.790. The van der Waals surface area contributed by atoms with Crippen LogP contribution in [-0.2, 0) is 4.79 Å². The molecule has 0 aromatic rings. The molecule has 2 heteroatoms. The number of carboxylic acid groups (broad SMARTS) is 1. The highest BCUT2D eigenvalue weighted by molar-refractivity contribution is 5.67. The molecule has 12 heavy (non-hydrogen) atoms. The quantitative estimate of drug-likeness (QED) is 0.658. The average Bonchev–Trinajstić information content (AvgIpc) is 2.01. The average molecular weight is 168 g/mol. The molecule has 0 radical (unpaired) electrons. The van der Waals surface area contributed by atoms with Crippen LogP contribution in [0.25, 0.3) is 0 Å². The lowest BCUT2D eigenvalue weighted by atomic mass is 9.90. The molecular formula is C10H16O2. The fourth-order valence-electron chi connectivity index (χ4n) is 1.70. The number of rotatable bonds is 3. The molecule has 0 amide bonds. The topological polar surface area (TPSA) is 37.3 Å². The van der Waals surface area contributed by atoms with Crippen molar-refractivity contribution in [2.75, 3.05) is 0 Å². The Morgan fingerprint density at radius 2 is 2.50 bits per heavy atom. The summed E-state index contributed by atoms with van der Waals surface area (Å²) in [4.78, 5) is 10.3. The van der Waals surface area contributed by atoms with Gasteiger partial charge in [0.1, 0.15) is 0 Å². The van der Waals surface area contributed by atoms with Gasteiger partial charge in [0.05, 0.1) is 0 Å². The zero-order valence-corrected chi connectivity index (χ0v) is 7.55. The first-order valence-electron chi connectivity index (χ1n) is 4.60. The molecule has 0 heterocycles. The molecule has 0 bridgehead atoms. The molecular weight excluding hydrogens is 152 g/mol. The summed E-state index contributed by atoms with van der Waals surface area (Å²) >= 11 is 0. The van der Waals surface area contributed by atoms with E-state index in [9.17, 15) is 4.79 Å². The molecule has 1 aliphatic carbocycles. The first-order chi connectivity index (χ1) is 5.68. The Balaban J connectivity index is 2.35. The maximum absolute atomic E-state index is 10.3. The van der Waals surface area contributed by atoms with Crippen LogP contribution in [0.1, 0.15) is 39.0 Å². The van der Waals surface area contributed by atoms with Crippen molar-refractivity contribution in [2.24, 2.45) is 5.92 Å². The van der Waals surface area contributed by atoms with Crippen LogP contribution in [0.15, 0.2) is 11.6 Å². The number of aliphatic carboxylic acids is 1. The van der Waals surface area contributed by atoms with E-state index in [1.807, 2.05) is 0 Å². The first-order valence-corrected chi connectivity index (χ1v) is 4.60. The molecule has 2 nitrogen and oxygen atoms in total. The minimum atomic E-state index is -0.686. The van der Waals surface area contributed by atoms with E-state index in [0.717, 1.165) is 12.8 Å². The highest BCUT2D eigenvalue weighted by Crippen LogP contribution is 2.25. The van der Waals surface area contributed by atoms with Crippen LogP contribution in [0, 0.1) is 5.92 Å². The van der Waals surface area contributed by atoms with Crippen LogP contribution in [0.4, 0.5) is 0 Å². The van der Waals surface area contributed by atoms with Crippen LogP contribution < -0.4 is 0 Å². The van der Waals surface area contributed by atoms with E-state index in [4.69, 9.17) is 5.11 Å². The van der Waals surface area contributed by atoms with Crippen LogP contribution in [0.5, 0.6) is 0 Å². The maximum atomic E-state index is 10.3. The van der Waals surface area contributed by atoms with Gasteiger partial charge in [-0.3, -0.25) is 4.79 Å². The van der Waals surface area contributed by atoms with Gasteiger partial charge in [0.25, 0.3) is 0 Å². The van der Waals surface area contributed by atoms with E-state index in [-0.39, 0.29) is 0 Å². The lowest BCUT2D eigenvalue weighted by Gasteiger charge is -2.16. The smallest absolute Gasteiger partial charge is 0.303 e. The van der Waals surface area contributed by atoms with Crippen LogP contribution >= 0.6 is 0 Å². The number of carboxylic acids is 1. The molecule has 68 valence electrons. The van der Waals surface area contributed by atoms with E-state index in [1.54, 1.807) is 0 Å². The third-order valence-electron chi connectivity index (χ3n) is 2.34. The highest BCUT2D eigenvalue weighted by Gasteiger charge is 2.10.